The number of halogens is 1. The van der Waals surface area contributed by atoms with Crippen LogP contribution in [-0.2, 0) is 4.74 Å². The Bertz CT molecular complexity index is 703. The molecule has 0 bridgehead atoms. The van der Waals surface area contributed by atoms with E-state index in [4.69, 9.17) is 9.47 Å². The van der Waals surface area contributed by atoms with Crippen molar-refractivity contribution in [3.63, 3.8) is 0 Å². The summed E-state index contributed by atoms with van der Waals surface area (Å²) in [4.78, 5) is 16.0. The molecule has 160 valence electrons. The number of nitrogens with zero attached hydrogens (tertiary/aromatic N) is 3. The molecule has 1 amide bonds. The van der Waals surface area contributed by atoms with E-state index in [0.29, 0.717) is 38.3 Å². The van der Waals surface area contributed by atoms with Gasteiger partial charge in [0.2, 0.25) is 0 Å². The van der Waals surface area contributed by atoms with E-state index in [1.807, 2.05) is 27.7 Å². The maximum absolute atomic E-state index is 13.0. The highest BCUT2D eigenvalue weighted by atomic mass is 19.1. The van der Waals surface area contributed by atoms with Crippen molar-refractivity contribution in [3.05, 3.63) is 30.1 Å². The molecule has 1 heterocycles. The second kappa shape index (κ2) is 9.93. The Morgan fingerprint density at radius 1 is 1.17 bits per heavy atom. The number of hydrogen-bond acceptors (Lipinski definition) is 5. The fraction of sp³-hybridized carbons (Fsp3) is 0.636. The predicted molar refractivity (Wildman–Crippen MR) is 109 cm³/mol. The Labute approximate surface area is 173 Å². The summed E-state index contributed by atoms with van der Waals surface area (Å²) in [7, 11) is 0. The molecule has 3 atom stereocenters. The van der Waals surface area contributed by atoms with Crippen molar-refractivity contribution in [1.82, 2.24) is 9.80 Å². The molecule has 2 rings (SSSR count). The molecule has 29 heavy (non-hydrogen) atoms. The molecule has 1 saturated heterocycles. The lowest BCUT2D eigenvalue weighted by molar-refractivity contribution is 0.0110. The zero-order valence-electron chi connectivity index (χ0n) is 18.0. The van der Waals surface area contributed by atoms with Crippen molar-refractivity contribution < 1.29 is 18.7 Å². The van der Waals surface area contributed by atoms with Crippen molar-refractivity contribution in [2.24, 2.45) is 5.92 Å². The molecule has 0 radical (unpaired) electrons. The molecule has 1 fully saturated rings. The van der Waals surface area contributed by atoms with Crippen LogP contribution in [0.3, 0.4) is 0 Å². The van der Waals surface area contributed by atoms with Gasteiger partial charge in [0.05, 0.1) is 18.2 Å². The summed E-state index contributed by atoms with van der Waals surface area (Å²) in [5, 5.41) is 9.68. The lowest BCUT2D eigenvalue weighted by Crippen LogP contribution is -2.53. The van der Waals surface area contributed by atoms with Gasteiger partial charge in [0, 0.05) is 26.2 Å². The molecule has 0 aliphatic carbocycles. The van der Waals surface area contributed by atoms with Crippen LogP contribution in [-0.4, -0.2) is 59.8 Å². The molecule has 0 aromatic heterocycles. The van der Waals surface area contributed by atoms with Gasteiger partial charge in [-0.15, -0.1) is 0 Å². The lowest BCUT2D eigenvalue weighted by Gasteiger charge is -2.38. The Hall–Kier alpha value is -2.33. The van der Waals surface area contributed by atoms with Gasteiger partial charge in [-0.25, -0.2) is 9.18 Å². The minimum absolute atomic E-state index is 0.112. The van der Waals surface area contributed by atoms with Crippen LogP contribution in [0.4, 0.5) is 9.18 Å². The van der Waals surface area contributed by atoms with Crippen LogP contribution in [0.25, 0.3) is 0 Å². The fourth-order valence-corrected chi connectivity index (χ4v) is 3.21. The second-order valence-corrected chi connectivity index (χ2v) is 8.64. The summed E-state index contributed by atoms with van der Waals surface area (Å²) in [6.07, 6.45) is 0.241. The third-order valence-corrected chi connectivity index (χ3v) is 5.09. The molecule has 6 nitrogen and oxygen atoms in total. The molecule has 1 aliphatic heterocycles. The number of carbonyl (C=O) groups is 1. The molecule has 1 aromatic carbocycles. The van der Waals surface area contributed by atoms with Gasteiger partial charge in [0.1, 0.15) is 17.2 Å². The van der Waals surface area contributed by atoms with E-state index in [0.717, 1.165) is 0 Å². The molecule has 0 saturated carbocycles. The van der Waals surface area contributed by atoms with Gasteiger partial charge in [-0.1, -0.05) is 6.92 Å². The van der Waals surface area contributed by atoms with Gasteiger partial charge in [0.25, 0.3) is 0 Å². The highest BCUT2D eigenvalue weighted by Gasteiger charge is 2.30. The Morgan fingerprint density at radius 3 is 2.28 bits per heavy atom. The first-order valence-corrected chi connectivity index (χ1v) is 10.1. The van der Waals surface area contributed by atoms with Gasteiger partial charge in [-0.3, -0.25) is 4.90 Å². The van der Waals surface area contributed by atoms with Crippen LogP contribution < -0.4 is 4.74 Å². The smallest absolute Gasteiger partial charge is 0.410 e. The Morgan fingerprint density at radius 2 is 1.76 bits per heavy atom. The largest absolute Gasteiger partial charge is 0.490 e. The SMILES string of the molecule is CC(Oc1ccc(F)cc1)[C@H](C)CC(C#N)N1CCN(C(=O)OC(C)(C)C)CC1. The minimum Gasteiger partial charge on any atom is -0.490 e. The number of carbonyl (C=O) groups excluding carboxylic acids is 1. The molecule has 7 heteroatoms. The van der Waals surface area contributed by atoms with Crippen molar-refractivity contribution in [3.8, 4) is 11.8 Å². The topological polar surface area (TPSA) is 65.8 Å². The second-order valence-electron chi connectivity index (χ2n) is 8.64. The zero-order chi connectivity index (χ0) is 21.6. The van der Waals surface area contributed by atoms with Crippen LogP contribution in [0.5, 0.6) is 5.75 Å². The van der Waals surface area contributed by atoms with Crippen molar-refractivity contribution in [1.29, 1.82) is 5.26 Å². The van der Waals surface area contributed by atoms with Crippen LogP contribution in [0, 0.1) is 23.1 Å². The number of piperazine rings is 1. The minimum atomic E-state index is -0.514. The van der Waals surface area contributed by atoms with Gasteiger partial charge in [0.15, 0.2) is 0 Å². The van der Waals surface area contributed by atoms with E-state index >= 15 is 0 Å². The van der Waals surface area contributed by atoms with Gasteiger partial charge in [-0.2, -0.15) is 5.26 Å². The maximum atomic E-state index is 13.0. The molecule has 1 aromatic rings. The summed E-state index contributed by atoms with van der Waals surface area (Å²) in [5.41, 5.74) is -0.514. The first-order valence-electron chi connectivity index (χ1n) is 10.1. The first-order chi connectivity index (χ1) is 13.6. The van der Waals surface area contributed by atoms with E-state index in [9.17, 15) is 14.4 Å². The van der Waals surface area contributed by atoms with Crippen molar-refractivity contribution in [2.45, 2.75) is 58.8 Å². The summed E-state index contributed by atoms with van der Waals surface area (Å²) in [6, 6.07) is 8.11. The summed E-state index contributed by atoms with van der Waals surface area (Å²) in [6.45, 7) is 11.9. The molecule has 1 aliphatic rings. The van der Waals surface area contributed by atoms with E-state index in [1.165, 1.54) is 12.1 Å². The molecule has 0 N–H and O–H groups in total. The number of ether oxygens (including phenoxy) is 2. The molecule has 0 spiro atoms. The molecular formula is C22H32FN3O3. The third kappa shape index (κ3) is 7.21. The van der Waals surface area contributed by atoms with Gasteiger partial charge in [-0.05, 0) is 64.3 Å². The first kappa shape index (κ1) is 23.0. The quantitative estimate of drug-likeness (QED) is 0.714. The maximum Gasteiger partial charge on any atom is 0.410 e. The summed E-state index contributed by atoms with van der Waals surface area (Å²) >= 11 is 0. The lowest BCUT2D eigenvalue weighted by atomic mass is 9.96. The zero-order valence-corrected chi connectivity index (χ0v) is 18.0. The standard InChI is InChI=1S/C22H32FN3O3/c1-16(17(2)28-20-8-6-18(23)7-9-20)14-19(15-24)25-10-12-26(13-11-25)21(27)29-22(3,4)5/h6-9,16-17,19H,10-14H2,1-5H3/t16-,17?,19?/m1/s1. The Kier molecular flexibility index (Phi) is 7.86. The van der Waals surface area contributed by atoms with Crippen LogP contribution in [0.1, 0.15) is 41.0 Å². The molecule has 2 unspecified atom stereocenters. The number of nitriles is 1. The highest BCUT2D eigenvalue weighted by Crippen LogP contribution is 2.22. The van der Waals surface area contributed by atoms with Crippen molar-refractivity contribution >= 4 is 6.09 Å². The number of amides is 1. The normalized spacial score (nSPS) is 18.4. The average molecular weight is 406 g/mol. The number of rotatable bonds is 6. The summed E-state index contributed by atoms with van der Waals surface area (Å²) in [5.74, 6) is 0.451. The van der Waals surface area contributed by atoms with Crippen LogP contribution >= 0.6 is 0 Å². The highest BCUT2D eigenvalue weighted by molar-refractivity contribution is 5.68. The van der Waals surface area contributed by atoms with Crippen LogP contribution in [0.2, 0.25) is 0 Å². The fourth-order valence-electron chi connectivity index (χ4n) is 3.21. The molecular weight excluding hydrogens is 373 g/mol. The average Bonchev–Trinajstić information content (AvgIpc) is 2.66. The number of hydrogen-bond donors (Lipinski definition) is 0. The Balaban J connectivity index is 1.84. The number of benzene rings is 1. The van der Waals surface area contributed by atoms with Crippen LogP contribution in [0.15, 0.2) is 24.3 Å². The van der Waals surface area contributed by atoms with E-state index in [1.54, 1.807) is 17.0 Å². The summed E-state index contributed by atoms with van der Waals surface area (Å²) < 4.78 is 24.4. The monoisotopic (exact) mass is 405 g/mol. The van der Waals surface area contributed by atoms with E-state index in [-0.39, 0.29) is 30.0 Å². The third-order valence-electron chi connectivity index (χ3n) is 5.09. The van der Waals surface area contributed by atoms with Gasteiger partial charge < -0.3 is 14.4 Å². The van der Waals surface area contributed by atoms with E-state index in [2.05, 4.69) is 17.9 Å². The van der Waals surface area contributed by atoms with Crippen molar-refractivity contribution in [2.75, 3.05) is 26.2 Å². The van der Waals surface area contributed by atoms with Gasteiger partial charge >= 0.3 is 6.09 Å². The van der Waals surface area contributed by atoms with E-state index < -0.39 is 5.60 Å². The predicted octanol–water partition coefficient (Wildman–Crippen LogP) is 4.06.